The van der Waals surface area contributed by atoms with Crippen LogP contribution in [-0.4, -0.2) is 33.0 Å². The van der Waals surface area contributed by atoms with E-state index in [1.54, 1.807) is 28.8 Å². The number of ether oxygens (including phenoxy) is 1. The van der Waals surface area contributed by atoms with E-state index in [0.29, 0.717) is 28.0 Å². The number of amides is 1. The summed E-state index contributed by atoms with van der Waals surface area (Å²) in [5.41, 5.74) is 0.185. The Labute approximate surface area is 181 Å². The molecule has 0 aliphatic carbocycles. The van der Waals surface area contributed by atoms with E-state index in [9.17, 15) is 18.0 Å². The lowest BCUT2D eigenvalue weighted by molar-refractivity contribution is -0.137. The number of alkyl halides is 3. The van der Waals surface area contributed by atoms with Crippen LogP contribution in [0.3, 0.4) is 0 Å². The molecular weight excluding hydrogens is 429 g/mol. The Morgan fingerprint density at radius 1 is 1.10 bits per heavy atom. The van der Waals surface area contributed by atoms with Gasteiger partial charge in [-0.05, 0) is 48.5 Å². The second kappa shape index (κ2) is 9.42. The minimum Gasteiger partial charge on any atom is -0.497 e. The van der Waals surface area contributed by atoms with E-state index in [4.69, 9.17) is 4.74 Å². The van der Waals surface area contributed by atoms with Crippen LogP contribution >= 0.6 is 11.8 Å². The van der Waals surface area contributed by atoms with E-state index in [1.807, 2.05) is 13.8 Å². The van der Waals surface area contributed by atoms with E-state index in [0.717, 1.165) is 12.1 Å². The normalized spacial score (nSPS) is 11.6. The quantitative estimate of drug-likeness (QED) is 0.528. The fraction of sp³-hybridized carbons (Fsp3) is 0.286. The molecule has 3 rings (SSSR count). The number of benzene rings is 2. The second-order valence-corrected chi connectivity index (χ2v) is 8.40. The van der Waals surface area contributed by atoms with Gasteiger partial charge in [0.25, 0.3) is 5.91 Å². The molecule has 0 saturated heterocycles. The molecule has 6 nitrogen and oxygen atoms in total. The summed E-state index contributed by atoms with van der Waals surface area (Å²) in [6.45, 7) is 4.00. The summed E-state index contributed by atoms with van der Waals surface area (Å²) in [7, 11) is 1.54. The molecule has 0 bridgehead atoms. The second-order valence-electron chi connectivity index (χ2n) is 6.86. The molecule has 3 aromatic rings. The van der Waals surface area contributed by atoms with Gasteiger partial charge in [0.1, 0.15) is 5.75 Å². The third-order valence-corrected chi connectivity index (χ3v) is 5.20. The fourth-order valence-corrected chi connectivity index (χ4v) is 3.59. The first-order valence-electron chi connectivity index (χ1n) is 9.40. The number of rotatable bonds is 7. The summed E-state index contributed by atoms with van der Waals surface area (Å²) in [5.74, 6) is 0.724. The number of nitrogens with zero attached hydrogens (tertiary/aromatic N) is 3. The van der Waals surface area contributed by atoms with Crippen molar-refractivity contribution in [1.82, 2.24) is 20.1 Å². The molecule has 0 saturated carbocycles. The standard InChI is InChI=1S/C21H21F3N4O2S/c1-13(2)31-20-27-26-18(12-25-19(29)14-4-10-17(30-3)11-5-14)28(20)16-8-6-15(7-9-16)21(22,23)24/h4-11,13H,12H2,1-3H3,(H,25,29). The number of halogens is 3. The van der Waals surface area contributed by atoms with Crippen LogP contribution in [0.25, 0.3) is 5.69 Å². The molecule has 0 unspecified atom stereocenters. The highest BCUT2D eigenvalue weighted by Crippen LogP contribution is 2.31. The Morgan fingerprint density at radius 3 is 2.29 bits per heavy atom. The molecule has 0 spiro atoms. The molecule has 2 aromatic carbocycles. The number of thioether (sulfide) groups is 1. The third kappa shape index (κ3) is 5.57. The molecule has 1 N–H and O–H groups in total. The van der Waals surface area contributed by atoms with Crippen molar-refractivity contribution in [3.05, 3.63) is 65.5 Å². The van der Waals surface area contributed by atoms with Gasteiger partial charge in [-0.3, -0.25) is 9.36 Å². The Bertz CT molecular complexity index is 1030. The minimum absolute atomic E-state index is 0.0531. The molecule has 164 valence electrons. The van der Waals surface area contributed by atoms with E-state index < -0.39 is 11.7 Å². The summed E-state index contributed by atoms with van der Waals surface area (Å²) >= 11 is 1.43. The largest absolute Gasteiger partial charge is 0.497 e. The summed E-state index contributed by atoms with van der Waals surface area (Å²) in [6.07, 6.45) is -4.42. The Morgan fingerprint density at radius 2 is 1.74 bits per heavy atom. The maximum Gasteiger partial charge on any atom is 0.416 e. The van der Waals surface area contributed by atoms with Crippen molar-refractivity contribution in [1.29, 1.82) is 0 Å². The molecule has 0 radical (unpaired) electrons. The maximum atomic E-state index is 12.9. The van der Waals surface area contributed by atoms with Gasteiger partial charge in [0.05, 0.1) is 19.2 Å². The average molecular weight is 450 g/mol. The first-order valence-corrected chi connectivity index (χ1v) is 10.3. The lowest BCUT2D eigenvalue weighted by atomic mass is 10.2. The summed E-state index contributed by atoms with van der Waals surface area (Å²) in [5, 5.41) is 11.8. The number of hydrogen-bond donors (Lipinski definition) is 1. The SMILES string of the molecule is COc1ccc(C(=O)NCc2nnc(SC(C)C)n2-c2ccc(C(F)(F)F)cc2)cc1. The highest BCUT2D eigenvalue weighted by molar-refractivity contribution is 7.99. The van der Waals surface area contributed by atoms with Crippen molar-refractivity contribution >= 4 is 17.7 Å². The van der Waals surface area contributed by atoms with Gasteiger partial charge in [0, 0.05) is 16.5 Å². The lowest BCUT2D eigenvalue weighted by Crippen LogP contribution is -2.24. The predicted octanol–water partition coefficient (Wildman–Crippen LogP) is 4.73. The minimum atomic E-state index is -4.42. The molecular formula is C21H21F3N4O2S. The van der Waals surface area contributed by atoms with Crippen LogP contribution in [0.5, 0.6) is 5.75 Å². The van der Waals surface area contributed by atoms with Gasteiger partial charge in [0.2, 0.25) is 0 Å². The zero-order valence-corrected chi connectivity index (χ0v) is 17.9. The fourth-order valence-electron chi connectivity index (χ4n) is 2.76. The maximum absolute atomic E-state index is 12.9. The highest BCUT2D eigenvalue weighted by atomic mass is 32.2. The van der Waals surface area contributed by atoms with Gasteiger partial charge in [-0.2, -0.15) is 13.2 Å². The zero-order valence-electron chi connectivity index (χ0n) is 17.1. The van der Waals surface area contributed by atoms with Gasteiger partial charge in [-0.15, -0.1) is 10.2 Å². The van der Waals surface area contributed by atoms with Crippen molar-refractivity contribution in [2.75, 3.05) is 7.11 Å². The number of aromatic nitrogens is 3. The van der Waals surface area contributed by atoms with Gasteiger partial charge < -0.3 is 10.1 Å². The molecule has 10 heteroatoms. The Kier molecular flexibility index (Phi) is 6.89. The molecule has 0 aliphatic heterocycles. The summed E-state index contributed by atoms with van der Waals surface area (Å²) in [4.78, 5) is 12.5. The van der Waals surface area contributed by atoms with E-state index in [1.165, 1.54) is 31.0 Å². The first kappa shape index (κ1) is 22.7. The van der Waals surface area contributed by atoms with Crippen LogP contribution < -0.4 is 10.1 Å². The van der Waals surface area contributed by atoms with Gasteiger partial charge in [-0.25, -0.2) is 0 Å². The van der Waals surface area contributed by atoms with Crippen molar-refractivity contribution in [2.45, 2.75) is 37.0 Å². The van der Waals surface area contributed by atoms with E-state index in [-0.39, 0.29) is 17.7 Å². The summed E-state index contributed by atoms with van der Waals surface area (Å²) in [6, 6.07) is 11.4. The number of carbonyl (C=O) groups is 1. The van der Waals surface area contributed by atoms with E-state index in [2.05, 4.69) is 15.5 Å². The highest BCUT2D eigenvalue weighted by Gasteiger charge is 2.30. The van der Waals surface area contributed by atoms with Gasteiger partial charge >= 0.3 is 6.18 Å². The first-order chi connectivity index (χ1) is 14.7. The monoisotopic (exact) mass is 450 g/mol. The lowest BCUT2D eigenvalue weighted by Gasteiger charge is -2.13. The molecule has 0 fully saturated rings. The molecule has 0 aliphatic rings. The zero-order chi connectivity index (χ0) is 22.6. The van der Waals surface area contributed by atoms with Crippen molar-refractivity contribution in [3.8, 4) is 11.4 Å². The van der Waals surface area contributed by atoms with Crippen LogP contribution in [0.4, 0.5) is 13.2 Å². The van der Waals surface area contributed by atoms with Crippen LogP contribution in [0.2, 0.25) is 0 Å². The molecule has 0 atom stereocenters. The number of carbonyl (C=O) groups excluding carboxylic acids is 1. The molecule has 1 aromatic heterocycles. The van der Waals surface area contributed by atoms with Crippen LogP contribution in [0, 0.1) is 0 Å². The number of nitrogens with one attached hydrogen (secondary N) is 1. The van der Waals surface area contributed by atoms with Gasteiger partial charge in [0.15, 0.2) is 11.0 Å². The van der Waals surface area contributed by atoms with Crippen molar-refractivity contribution in [2.24, 2.45) is 0 Å². The average Bonchev–Trinajstić information content (AvgIpc) is 3.13. The summed E-state index contributed by atoms with van der Waals surface area (Å²) < 4.78 is 45.5. The Hall–Kier alpha value is -3.01. The number of methoxy groups -OCH3 is 1. The number of hydrogen-bond acceptors (Lipinski definition) is 5. The van der Waals surface area contributed by atoms with Crippen LogP contribution in [0.15, 0.2) is 53.7 Å². The van der Waals surface area contributed by atoms with Crippen molar-refractivity contribution in [3.63, 3.8) is 0 Å². The van der Waals surface area contributed by atoms with Crippen LogP contribution in [-0.2, 0) is 12.7 Å². The molecule has 31 heavy (non-hydrogen) atoms. The van der Waals surface area contributed by atoms with Crippen molar-refractivity contribution < 1.29 is 22.7 Å². The topological polar surface area (TPSA) is 69.0 Å². The van der Waals surface area contributed by atoms with Crippen LogP contribution in [0.1, 0.15) is 35.6 Å². The molecule has 1 heterocycles. The smallest absolute Gasteiger partial charge is 0.416 e. The Balaban J connectivity index is 1.85. The molecule has 1 amide bonds. The van der Waals surface area contributed by atoms with Gasteiger partial charge in [-0.1, -0.05) is 25.6 Å². The third-order valence-electron chi connectivity index (χ3n) is 4.25. The predicted molar refractivity (Wildman–Crippen MR) is 112 cm³/mol. The van der Waals surface area contributed by atoms with E-state index >= 15 is 0 Å².